The van der Waals surface area contributed by atoms with Gasteiger partial charge in [0, 0.05) is 13.6 Å². The summed E-state index contributed by atoms with van der Waals surface area (Å²) in [7, 11) is 1.98. The van der Waals surface area contributed by atoms with Crippen molar-refractivity contribution in [3.8, 4) is 0 Å². The first kappa shape index (κ1) is 14.4. The van der Waals surface area contributed by atoms with Crippen molar-refractivity contribution in [2.24, 2.45) is 0 Å². The van der Waals surface area contributed by atoms with E-state index >= 15 is 0 Å². The molecule has 0 atom stereocenters. The van der Waals surface area contributed by atoms with Crippen LogP contribution in [0, 0.1) is 0 Å². The standard InChI is InChI=1S/C14H22N2O2/c1-4-6-10-16(3)12-9-7-8-11(13(12)15)14(17)18-5-2/h7-9H,4-6,10,15H2,1-3H3. The van der Waals surface area contributed by atoms with Crippen molar-refractivity contribution in [2.45, 2.75) is 26.7 Å². The highest BCUT2D eigenvalue weighted by molar-refractivity contribution is 5.98. The van der Waals surface area contributed by atoms with Crippen LogP contribution in [0.2, 0.25) is 0 Å². The highest BCUT2D eigenvalue weighted by Crippen LogP contribution is 2.26. The van der Waals surface area contributed by atoms with Crippen molar-refractivity contribution < 1.29 is 9.53 Å². The van der Waals surface area contributed by atoms with Crippen molar-refractivity contribution >= 4 is 17.3 Å². The maximum atomic E-state index is 11.7. The third kappa shape index (κ3) is 3.39. The Morgan fingerprint density at radius 1 is 1.39 bits per heavy atom. The summed E-state index contributed by atoms with van der Waals surface area (Å²) in [6, 6.07) is 5.46. The molecule has 4 nitrogen and oxygen atoms in total. The fourth-order valence-electron chi connectivity index (χ4n) is 1.79. The van der Waals surface area contributed by atoms with E-state index in [1.807, 2.05) is 19.2 Å². The third-order valence-corrected chi connectivity index (χ3v) is 2.84. The Balaban J connectivity index is 2.94. The van der Waals surface area contributed by atoms with Crippen LogP contribution < -0.4 is 10.6 Å². The van der Waals surface area contributed by atoms with Gasteiger partial charge in [0.1, 0.15) is 0 Å². The van der Waals surface area contributed by atoms with Gasteiger partial charge < -0.3 is 15.4 Å². The van der Waals surface area contributed by atoms with Gasteiger partial charge in [0.25, 0.3) is 0 Å². The Hall–Kier alpha value is -1.71. The number of carbonyl (C=O) groups excluding carboxylic acids is 1. The van der Waals surface area contributed by atoms with Crippen molar-refractivity contribution in [3.05, 3.63) is 23.8 Å². The zero-order valence-electron chi connectivity index (χ0n) is 11.4. The average molecular weight is 250 g/mol. The smallest absolute Gasteiger partial charge is 0.340 e. The van der Waals surface area contributed by atoms with Gasteiger partial charge in [0.15, 0.2) is 0 Å². The van der Waals surface area contributed by atoms with E-state index in [-0.39, 0.29) is 5.97 Å². The molecule has 0 fully saturated rings. The number of ether oxygens (including phenoxy) is 1. The molecule has 0 spiro atoms. The monoisotopic (exact) mass is 250 g/mol. The fraction of sp³-hybridized carbons (Fsp3) is 0.500. The van der Waals surface area contributed by atoms with E-state index in [1.54, 1.807) is 13.0 Å². The van der Waals surface area contributed by atoms with Crippen LogP contribution in [0.25, 0.3) is 0 Å². The number of anilines is 2. The number of carbonyl (C=O) groups is 1. The summed E-state index contributed by atoms with van der Waals surface area (Å²) in [6.45, 7) is 5.21. The molecule has 0 aromatic heterocycles. The maximum absolute atomic E-state index is 11.7. The molecule has 18 heavy (non-hydrogen) atoms. The van der Waals surface area contributed by atoms with Gasteiger partial charge in [-0.25, -0.2) is 4.79 Å². The highest BCUT2D eigenvalue weighted by atomic mass is 16.5. The van der Waals surface area contributed by atoms with Gasteiger partial charge in [-0.2, -0.15) is 0 Å². The minimum atomic E-state index is -0.360. The van der Waals surface area contributed by atoms with Gasteiger partial charge in [-0.15, -0.1) is 0 Å². The second-order valence-electron chi connectivity index (χ2n) is 4.23. The summed E-state index contributed by atoms with van der Waals surface area (Å²) in [6.07, 6.45) is 2.22. The molecule has 0 amide bonds. The molecule has 0 bridgehead atoms. The van der Waals surface area contributed by atoms with Gasteiger partial charge in [0.2, 0.25) is 0 Å². The van der Waals surface area contributed by atoms with Crippen molar-refractivity contribution in [1.29, 1.82) is 0 Å². The summed E-state index contributed by atoms with van der Waals surface area (Å²) in [5.41, 5.74) is 7.87. The van der Waals surface area contributed by atoms with Gasteiger partial charge >= 0.3 is 5.97 Å². The molecule has 0 radical (unpaired) electrons. The number of unbranched alkanes of at least 4 members (excludes halogenated alkanes) is 1. The van der Waals surface area contributed by atoms with Crippen LogP contribution in [-0.2, 0) is 4.74 Å². The number of nitrogen functional groups attached to an aromatic ring is 1. The minimum absolute atomic E-state index is 0.355. The van der Waals surface area contributed by atoms with E-state index in [0.717, 1.165) is 25.1 Å². The summed E-state index contributed by atoms with van der Waals surface area (Å²) in [4.78, 5) is 13.8. The van der Waals surface area contributed by atoms with Crippen LogP contribution in [0.15, 0.2) is 18.2 Å². The van der Waals surface area contributed by atoms with E-state index in [2.05, 4.69) is 11.8 Å². The lowest BCUT2D eigenvalue weighted by Gasteiger charge is -2.21. The fourth-order valence-corrected chi connectivity index (χ4v) is 1.79. The van der Waals surface area contributed by atoms with Crippen LogP contribution >= 0.6 is 0 Å². The lowest BCUT2D eigenvalue weighted by Crippen LogP contribution is -2.21. The molecule has 0 saturated heterocycles. The molecular formula is C14H22N2O2. The lowest BCUT2D eigenvalue weighted by atomic mass is 10.1. The SMILES string of the molecule is CCCCN(C)c1cccc(C(=O)OCC)c1N. The molecule has 1 aromatic rings. The molecule has 100 valence electrons. The lowest BCUT2D eigenvalue weighted by molar-refractivity contribution is 0.0527. The maximum Gasteiger partial charge on any atom is 0.340 e. The predicted octanol–water partition coefficient (Wildman–Crippen LogP) is 2.68. The van der Waals surface area contributed by atoms with Crippen molar-refractivity contribution in [2.75, 3.05) is 30.8 Å². The largest absolute Gasteiger partial charge is 0.462 e. The molecule has 0 saturated carbocycles. The first-order valence-electron chi connectivity index (χ1n) is 6.38. The number of esters is 1. The van der Waals surface area contributed by atoms with Crippen LogP contribution in [0.3, 0.4) is 0 Å². The number of benzene rings is 1. The Bertz CT molecular complexity index is 405. The number of hydrogen-bond donors (Lipinski definition) is 1. The first-order chi connectivity index (χ1) is 8.61. The van der Waals surface area contributed by atoms with Gasteiger partial charge in [0.05, 0.1) is 23.5 Å². The normalized spacial score (nSPS) is 10.2. The summed E-state index contributed by atoms with van der Waals surface area (Å²) < 4.78 is 4.99. The predicted molar refractivity (Wildman–Crippen MR) is 75.0 cm³/mol. The molecule has 0 aliphatic heterocycles. The van der Waals surface area contributed by atoms with Gasteiger partial charge in [-0.05, 0) is 25.5 Å². The molecule has 4 heteroatoms. The van der Waals surface area contributed by atoms with E-state index in [0.29, 0.717) is 17.9 Å². The Labute approximate surface area is 109 Å². The van der Waals surface area contributed by atoms with Crippen LogP contribution in [0.4, 0.5) is 11.4 Å². The number of nitrogens with zero attached hydrogens (tertiary/aromatic N) is 1. The number of rotatable bonds is 6. The number of hydrogen-bond acceptors (Lipinski definition) is 4. The molecule has 1 aromatic carbocycles. The summed E-state index contributed by atoms with van der Waals surface area (Å²) in [5, 5.41) is 0. The topological polar surface area (TPSA) is 55.6 Å². The third-order valence-electron chi connectivity index (χ3n) is 2.84. The van der Waals surface area contributed by atoms with Gasteiger partial charge in [-0.3, -0.25) is 0 Å². The Morgan fingerprint density at radius 3 is 2.72 bits per heavy atom. The van der Waals surface area contributed by atoms with E-state index in [9.17, 15) is 4.79 Å². The quantitative estimate of drug-likeness (QED) is 0.623. The minimum Gasteiger partial charge on any atom is -0.462 e. The Morgan fingerprint density at radius 2 is 2.11 bits per heavy atom. The molecule has 0 aliphatic rings. The zero-order valence-corrected chi connectivity index (χ0v) is 11.4. The van der Waals surface area contributed by atoms with E-state index < -0.39 is 0 Å². The van der Waals surface area contributed by atoms with Gasteiger partial charge in [-0.1, -0.05) is 19.4 Å². The zero-order chi connectivity index (χ0) is 13.5. The van der Waals surface area contributed by atoms with Crippen LogP contribution in [-0.4, -0.2) is 26.2 Å². The van der Waals surface area contributed by atoms with Crippen molar-refractivity contribution in [1.82, 2.24) is 0 Å². The molecule has 0 unspecified atom stereocenters. The highest BCUT2D eigenvalue weighted by Gasteiger charge is 2.15. The molecular weight excluding hydrogens is 228 g/mol. The molecule has 2 N–H and O–H groups in total. The summed E-state index contributed by atoms with van der Waals surface area (Å²) in [5.74, 6) is -0.360. The number of nitrogens with two attached hydrogens (primary N) is 1. The molecule has 0 heterocycles. The van der Waals surface area contributed by atoms with E-state index in [4.69, 9.17) is 10.5 Å². The van der Waals surface area contributed by atoms with Crippen molar-refractivity contribution in [3.63, 3.8) is 0 Å². The number of para-hydroxylation sites is 1. The van der Waals surface area contributed by atoms with Crippen LogP contribution in [0.5, 0.6) is 0 Å². The molecule has 0 aliphatic carbocycles. The second kappa shape index (κ2) is 6.89. The Kier molecular flexibility index (Phi) is 5.49. The second-order valence-corrected chi connectivity index (χ2v) is 4.23. The molecule has 1 rings (SSSR count). The first-order valence-corrected chi connectivity index (χ1v) is 6.38. The summed E-state index contributed by atoms with van der Waals surface area (Å²) >= 11 is 0. The van der Waals surface area contributed by atoms with Crippen LogP contribution in [0.1, 0.15) is 37.0 Å². The average Bonchev–Trinajstić information content (AvgIpc) is 2.36. The van der Waals surface area contributed by atoms with E-state index in [1.165, 1.54) is 0 Å².